The van der Waals surface area contributed by atoms with Crippen LogP contribution in [0.2, 0.25) is 0 Å². The van der Waals surface area contributed by atoms with Crippen LogP contribution in [0.5, 0.6) is 0 Å². The fourth-order valence-corrected chi connectivity index (χ4v) is 3.46. The number of hydrogen-bond donors (Lipinski definition) is 2. The molecule has 0 aromatic heterocycles. The zero-order valence-corrected chi connectivity index (χ0v) is 11.9. The molecule has 1 amide bonds. The van der Waals surface area contributed by atoms with Crippen molar-refractivity contribution in [1.29, 1.82) is 0 Å². The van der Waals surface area contributed by atoms with Crippen molar-refractivity contribution in [3.05, 3.63) is 35.4 Å². The lowest BCUT2D eigenvalue weighted by Crippen LogP contribution is -2.59. The number of hydrogen-bond acceptors (Lipinski definition) is 3. The summed E-state index contributed by atoms with van der Waals surface area (Å²) in [5.41, 5.74) is 7.38. The Balaban J connectivity index is 1.92. The fourth-order valence-electron chi connectivity index (χ4n) is 3.46. The predicted molar refractivity (Wildman–Crippen MR) is 77.5 cm³/mol. The lowest BCUT2D eigenvalue weighted by atomic mass is 9.90. The molecular weight excluding hydrogens is 268 g/mol. The van der Waals surface area contributed by atoms with E-state index in [1.807, 2.05) is 24.3 Å². The molecule has 3 N–H and O–H groups in total. The van der Waals surface area contributed by atoms with Gasteiger partial charge in [-0.15, -0.1) is 0 Å². The van der Waals surface area contributed by atoms with Crippen molar-refractivity contribution >= 4 is 11.9 Å². The van der Waals surface area contributed by atoms with Gasteiger partial charge in [0.15, 0.2) is 0 Å². The lowest BCUT2D eigenvalue weighted by molar-refractivity contribution is -0.154. The van der Waals surface area contributed by atoms with Gasteiger partial charge in [-0.1, -0.05) is 37.1 Å². The number of nitrogens with two attached hydrogens (primary N) is 1. The molecule has 21 heavy (non-hydrogen) atoms. The average Bonchev–Trinajstić information content (AvgIpc) is 2.93. The van der Waals surface area contributed by atoms with Crippen molar-refractivity contribution in [3.8, 4) is 0 Å². The van der Waals surface area contributed by atoms with Crippen LogP contribution >= 0.6 is 0 Å². The van der Waals surface area contributed by atoms with Crippen molar-refractivity contribution in [2.45, 2.75) is 50.2 Å². The second kappa shape index (κ2) is 5.15. The molecule has 1 heterocycles. The van der Waals surface area contributed by atoms with Crippen molar-refractivity contribution in [2.24, 2.45) is 5.73 Å². The largest absolute Gasteiger partial charge is 0.480 e. The van der Waals surface area contributed by atoms with E-state index in [9.17, 15) is 14.7 Å². The molecule has 5 nitrogen and oxygen atoms in total. The van der Waals surface area contributed by atoms with Crippen molar-refractivity contribution in [1.82, 2.24) is 4.90 Å². The highest BCUT2D eigenvalue weighted by Crippen LogP contribution is 2.32. The van der Waals surface area contributed by atoms with Gasteiger partial charge in [0.1, 0.15) is 6.04 Å². The summed E-state index contributed by atoms with van der Waals surface area (Å²) in [6, 6.07) is 6.88. The van der Waals surface area contributed by atoms with Crippen molar-refractivity contribution in [2.75, 3.05) is 0 Å². The van der Waals surface area contributed by atoms with E-state index in [1.165, 1.54) is 4.90 Å². The highest BCUT2D eigenvalue weighted by Gasteiger charge is 2.44. The molecule has 3 rings (SSSR count). The van der Waals surface area contributed by atoms with E-state index < -0.39 is 17.6 Å². The summed E-state index contributed by atoms with van der Waals surface area (Å²) >= 11 is 0. The lowest BCUT2D eigenvalue weighted by Gasteiger charge is -2.38. The van der Waals surface area contributed by atoms with Crippen LogP contribution < -0.4 is 5.73 Å². The summed E-state index contributed by atoms with van der Waals surface area (Å²) in [4.78, 5) is 25.8. The van der Waals surface area contributed by atoms with Gasteiger partial charge in [-0.3, -0.25) is 4.79 Å². The van der Waals surface area contributed by atoms with E-state index in [1.54, 1.807) is 0 Å². The van der Waals surface area contributed by atoms with Crippen LogP contribution in [0.15, 0.2) is 24.3 Å². The number of rotatable bonds is 2. The van der Waals surface area contributed by atoms with E-state index in [0.717, 1.165) is 24.0 Å². The second-order valence-corrected chi connectivity index (χ2v) is 6.12. The molecule has 0 radical (unpaired) electrons. The molecule has 1 saturated carbocycles. The van der Waals surface area contributed by atoms with Crippen LogP contribution in [0, 0.1) is 0 Å². The molecule has 1 aromatic rings. The SMILES string of the molecule is NC1(C(=O)N2Cc3ccccc3C[C@@H]2C(=O)O)CCCC1. The Morgan fingerprint density at radius 1 is 1.19 bits per heavy atom. The van der Waals surface area contributed by atoms with Gasteiger partial charge in [0.05, 0.1) is 5.54 Å². The van der Waals surface area contributed by atoms with Gasteiger partial charge in [-0.2, -0.15) is 0 Å². The van der Waals surface area contributed by atoms with Gasteiger partial charge in [-0.05, 0) is 24.0 Å². The normalized spacial score (nSPS) is 23.7. The van der Waals surface area contributed by atoms with E-state index in [2.05, 4.69) is 0 Å². The number of nitrogens with zero attached hydrogens (tertiary/aromatic N) is 1. The first-order valence-electron chi connectivity index (χ1n) is 7.41. The Hall–Kier alpha value is -1.88. The smallest absolute Gasteiger partial charge is 0.326 e. The van der Waals surface area contributed by atoms with E-state index in [4.69, 9.17) is 5.73 Å². The molecule has 2 aliphatic rings. The molecule has 1 aromatic carbocycles. The molecule has 1 aliphatic carbocycles. The maximum Gasteiger partial charge on any atom is 0.326 e. The first kappa shape index (κ1) is 14.1. The van der Waals surface area contributed by atoms with Gasteiger partial charge < -0.3 is 15.7 Å². The number of fused-ring (bicyclic) bond motifs is 1. The molecule has 1 fully saturated rings. The molecule has 0 spiro atoms. The fraction of sp³-hybridized carbons (Fsp3) is 0.500. The minimum absolute atomic E-state index is 0.207. The van der Waals surface area contributed by atoms with Gasteiger partial charge in [-0.25, -0.2) is 4.79 Å². The molecule has 0 bridgehead atoms. The highest BCUT2D eigenvalue weighted by atomic mass is 16.4. The van der Waals surface area contributed by atoms with E-state index in [-0.39, 0.29) is 5.91 Å². The number of amides is 1. The van der Waals surface area contributed by atoms with Crippen LogP contribution in [0.1, 0.15) is 36.8 Å². The number of carbonyl (C=O) groups excluding carboxylic acids is 1. The summed E-state index contributed by atoms with van der Waals surface area (Å²) in [7, 11) is 0. The number of benzene rings is 1. The molecule has 1 aliphatic heterocycles. The number of carboxylic acid groups (broad SMARTS) is 1. The number of aliphatic carboxylic acids is 1. The number of carboxylic acids is 1. The Bertz CT molecular complexity index is 579. The Morgan fingerprint density at radius 2 is 1.81 bits per heavy atom. The quantitative estimate of drug-likeness (QED) is 0.859. The Morgan fingerprint density at radius 3 is 2.43 bits per heavy atom. The molecule has 112 valence electrons. The first-order valence-corrected chi connectivity index (χ1v) is 7.41. The average molecular weight is 288 g/mol. The maximum absolute atomic E-state index is 12.8. The summed E-state index contributed by atoms with van der Waals surface area (Å²) in [5.74, 6) is -1.17. The van der Waals surface area contributed by atoms with Gasteiger partial charge >= 0.3 is 5.97 Å². The van der Waals surface area contributed by atoms with Gasteiger partial charge in [0.2, 0.25) is 5.91 Å². The number of carbonyl (C=O) groups is 2. The summed E-state index contributed by atoms with van der Waals surface area (Å²) in [6.07, 6.45) is 3.52. The molecule has 0 unspecified atom stereocenters. The monoisotopic (exact) mass is 288 g/mol. The van der Waals surface area contributed by atoms with Crippen LogP contribution in [0.3, 0.4) is 0 Å². The Kier molecular flexibility index (Phi) is 3.45. The van der Waals surface area contributed by atoms with Crippen LogP contribution in [-0.4, -0.2) is 33.5 Å². The molecular formula is C16H20N2O3. The summed E-state index contributed by atoms with van der Waals surface area (Å²) < 4.78 is 0. The highest BCUT2D eigenvalue weighted by molar-refractivity contribution is 5.90. The predicted octanol–water partition coefficient (Wildman–Crippen LogP) is 1.30. The van der Waals surface area contributed by atoms with Gasteiger partial charge in [0, 0.05) is 13.0 Å². The second-order valence-electron chi connectivity index (χ2n) is 6.12. The minimum Gasteiger partial charge on any atom is -0.480 e. The van der Waals surface area contributed by atoms with Crippen molar-refractivity contribution in [3.63, 3.8) is 0 Å². The maximum atomic E-state index is 12.8. The van der Waals surface area contributed by atoms with E-state index >= 15 is 0 Å². The van der Waals surface area contributed by atoms with Crippen molar-refractivity contribution < 1.29 is 14.7 Å². The zero-order valence-electron chi connectivity index (χ0n) is 11.9. The van der Waals surface area contributed by atoms with Gasteiger partial charge in [0.25, 0.3) is 0 Å². The van der Waals surface area contributed by atoms with Crippen LogP contribution in [0.25, 0.3) is 0 Å². The Labute approximate surface area is 123 Å². The third-order valence-electron chi connectivity index (χ3n) is 4.72. The zero-order chi connectivity index (χ0) is 15.0. The minimum atomic E-state index is -0.959. The first-order chi connectivity index (χ1) is 10.0. The third kappa shape index (κ3) is 2.42. The summed E-state index contributed by atoms with van der Waals surface area (Å²) in [6.45, 7) is 0.338. The molecule has 1 atom stereocenters. The molecule has 5 heteroatoms. The summed E-state index contributed by atoms with van der Waals surface area (Å²) in [5, 5.41) is 9.48. The third-order valence-corrected chi connectivity index (χ3v) is 4.72. The molecule has 0 saturated heterocycles. The standard InChI is InChI=1S/C16H20N2O3/c17-16(7-3-4-8-16)15(21)18-10-12-6-2-1-5-11(12)9-13(18)14(19)20/h1-2,5-6,13H,3-4,7-10,17H2,(H,19,20)/t13-/m1/s1. The van der Waals surface area contributed by atoms with E-state index in [0.29, 0.717) is 25.8 Å². The van der Waals surface area contributed by atoms with Crippen LogP contribution in [0.4, 0.5) is 0 Å². The van der Waals surface area contributed by atoms with Crippen LogP contribution in [-0.2, 0) is 22.6 Å². The topological polar surface area (TPSA) is 83.6 Å².